The van der Waals surface area contributed by atoms with E-state index in [1.165, 1.54) is 0 Å². The van der Waals surface area contributed by atoms with E-state index >= 15 is 0 Å². The predicted molar refractivity (Wildman–Crippen MR) is 70.8 cm³/mol. The Morgan fingerprint density at radius 1 is 1.18 bits per heavy atom. The predicted octanol–water partition coefficient (Wildman–Crippen LogP) is 3.74. The lowest BCUT2D eigenvalue weighted by molar-refractivity contribution is 0.775. The molecule has 0 unspecified atom stereocenters. The van der Waals surface area contributed by atoms with Crippen LogP contribution < -0.4 is 0 Å². The van der Waals surface area contributed by atoms with Crippen LogP contribution in [0, 0.1) is 6.92 Å². The second-order valence-corrected chi connectivity index (χ2v) is 4.75. The van der Waals surface area contributed by atoms with Gasteiger partial charge in [-0.15, -0.1) is 0 Å². The van der Waals surface area contributed by atoms with Gasteiger partial charge >= 0.3 is 0 Å². The summed E-state index contributed by atoms with van der Waals surface area (Å²) in [4.78, 5) is 4.55. The van der Waals surface area contributed by atoms with Crippen molar-refractivity contribution in [2.75, 3.05) is 0 Å². The second-order valence-electron chi connectivity index (χ2n) is 3.97. The van der Waals surface area contributed by atoms with Crippen molar-refractivity contribution in [2.24, 2.45) is 7.05 Å². The first kappa shape index (κ1) is 10.8. The summed E-state index contributed by atoms with van der Waals surface area (Å²) in [5.41, 5.74) is 2.43. The molecule has 0 N–H and O–H groups in total. The highest BCUT2D eigenvalue weighted by atomic mass is 35.5. The number of pyridine rings is 1. The van der Waals surface area contributed by atoms with Crippen LogP contribution in [0.3, 0.4) is 0 Å². The van der Waals surface area contributed by atoms with Gasteiger partial charge in [-0.3, -0.25) is 4.68 Å². The molecule has 2 aromatic heterocycles. The minimum Gasteiger partial charge on any atom is -0.250 e. The highest BCUT2D eigenvalue weighted by Gasteiger charge is 2.15. The average Bonchev–Trinajstić information content (AvgIpc) is 2.55. The topological polar surface area (TPSA) is 30.7 Å². The third-order valence-corrected chi connectivity index (χ3v) is 3.54. The molecule has 5 heteroatoms. The number of aryl methyl sites for hydroxylation is 2. The van der Waals surface area contributed by atoms with E-state index in [4.69, 9.17) is 23.2 Å². The highest BCUT2D eigenvalue weighted by Crippen LogP contribution is 2.35. The van der Waals surface area contributed by atoms with Crippen LogP contribution >= 0.6 is 23.2 Å². The van der Waals surface area contributed by atoms with Crippen molar-refractivity contribution in [3.8, 4) is 0 Å². The molecule has 0 aliphatic rings. The molecule has 0 aliphatic heterocycles. The Hall–Kier alpha value is -1.32. The van der Waals surface area contributed by atoms with Crippen molar-refractivity contribution in [3.63, 3.8) is 0 Å². The van der Waals surface area contributed by atoms with Crippen LogP contribution in [-0.4, -0.2) is 14.8 Å². The normalized spacial score (nSPS) is 11.5. The van der Waals surface area contributed by atoms with Gasteiger partial charge in [0.15, 0.2) is 5.65 Å². The summed E-state index contributed by atoms with van der Waals surface area (Å²) in [7, 11) is 1.86. The Kier molecular flexibility index (Phi) is 2.28. The first-order chi connectivity index (χ1) is 8.09. The fourth-order valence-electron chi connectivity index (χ4n) is 2.09. The van der Waals surface area contributed by atoms with E-state index < -0.39 is 0 Å². The molecule has 0 atom stereocenters. The second kappa shape index (κ2) is 3.59. The summed E-state index contributed by atoms with van der Waals surface area (Å²) >= 11 is 12.6. The van der Waals surface area contributed by atoms with Gasteiger partial charge in [0.25, 0.3) is 0 Å². The molecule has 3 nitrogen and oxygen atoms in total. The first-order valence-corrected chi connectivity index (χ1v) is 5.92. The van der Waals surface area contributed by atoms with Crippen molar-refractivity contribution in [1.82, 2.24) is 14.8 Å². The van der Waals surface area contributed by atoms with E-state index in [1.807, 2.05) is 32.2 Å². The molecule has 2 heterocycles. The molecular formula is C12H9Cl2N3. The lowest BCUT2D eigenvalue weighted by atomic mass is 10.1. The monoisotopic (exact) mass is 265 g/mol. The zero-order valence-corrected chi connectivity index (χ0v) is 10.8. The number of hydrogen-bond donors (Lipinski definition) is 0. The number of rotatable bonds is 0. The fourth-order valence-corrected chi connectivity index (χ4v) is 2.83. The van der Waals surface area contributed by atoms with Crippen LogP contribution in [0.15, 0.2) is 18.2 Å². The summed E-state index contributed by atoms with van der Waals surface area (Å²) in [5.74, 6) is 0. The van der Waals surface area contributed by atoms with Crippen LogP contribution in [-0.2, 0) is 7.05 Å². The molecule has 0 spiro atoms. The molecule has 0 saturated carbocycles. The molecule has 86 valence electrons. The summed E-state index contributed by atoms with van der Waals surface area (Å²) in [6, 6.07) is 5.58. The Balaban J connectivity index is 2.65. The SMILES string of the molecule is Cc1nn(C)c2nc3cccc(Cl)c3c(Cl)c12. The number of hydrogen-bond acceptors (Lipinski definition) is 2. The number of nitrogens with zero attached hydrogens (tertiary/aromatic N) is 3. The van der Waals surface area contributed by atoms with E-state index in [1.54, 1.807) is 4.68 Å². The smallest absolute Gasteiger partial charge is 0.159 e. The van der Waals surface area contributed by atoms with Gasteiger partial charge in [0, 0.05) is 12.4 Å². The zero-order valence-electron chi connectivity index (χ0n) is 9.33. The maximum absolute atomic E-state index is 6.42. The number of halogens is 2. The fraction of sp³-hybridized carbons (Fsp3) is 0.167. The molecule has 0 radical (unpaired) electrons. The van der Waals surface area contributed by atoms with Crippen LogP contribution in [0.2, 0.25) is 10.0 Å². The number of fused-ring (bicyclic) bond motifs is 2. The van der Waals surface area contributed by atoms with Crippen molar-refractivity contribution in [2.45, 2.75) is 6.92 Å². The molecule has 0 bridgehead atoms. The standard InChI is InChI=1S/C12H9Cl2N3/c1-6-9-11(14)10-7(13)4-3-5-8(10)15-12(9)17(2)16-6/h3-5H,1-2H3. The van der Waals surface area contributed by atoms with E-state index in [0.29, 0.717) is 10.0 Å². The van der Waals surface area contributed by atoms with Crippen LogP contribution in [0.4, 0.5) is 0 Å². The van der Waals surface area contributed by atoms with E-state index in [0.717, 1.165) is 27.6 Å². The lowest BCUT2D eigenvalue weighted by Gasteiger charge is -2.04. The molecule has 1 aromatic carbocycles. The van der Waals surface area contributed by atoms with Crippen LogP contribution in [0.5, 0.6) is 0 Å². The van der Waals surface area contributed by atoms with Crippen molar-refractivity contribution in [1.29, 1.82) is 0 Å². The van der Waals surface area contributed by atoms with Crippen molar-refractivity contribution >= 4 is 45.1 Å². The maximum atomic E-state index is 6.42. The third-order valence-electron chi connectivity index (χ3n) is 2.85. The van der Waals surface area contributed by atoms with Gasteiger partial charge in [-0.1, -0.05) is 29.3 Å². The molecule has 17 heavy (non-hydrogen) atoms. The summed E-state index contributed by atoms with van der Waals surface area (Å²) < 4.78 is 1.73. The Morgan fingerprint density at radius 3 is 2.71 bits per heavy atom. The minimum atomic E-state index is 0.616. The Labute approximate surface area is 108 Å². The summed E-state index contributed by atoms with van der Waals surface area (Å²) in [5, 5.41) is 7.23. The van der Waals surface area contributed by atoms with E-state index in [2.05, 4.69) is 10.1 Å². The quantitative estimate of drug-likeness (QED) is 0.620. The Bertz CT molecular complexity index is 746. The molecule has 3 aromatic rings. The highest BCUT2D eigenvalue weighted by molar-refractivity contribution is 6.45. The van der Waals surface area contributed by atoms with Gasteiger partial charge in [-0.25, -0.2) is 4.98 Å². The van der Waals surface area contributed by atoms with Gasteiger partial charge in [-0.05, 0) is 19.1 Å². The molecule has 0 saturated heterocycles. The van der Waals surface area contributed by atoms with E-state index in [-0.39, 0.29) is 0 Å². The first-order valence-electron chi connectivity index (χ1n) is 5.16. The third kappa shape index (κ3) is 1.43. The average molecular weight is 266 g/mol. The van der Waals surface area contributed by atoms with Gasteiger partial charge in [0.1, 0.15) is 0 Å². The molecule has 0 aliphatic carbocycles. The van der Waals surface area contributed by atoms with Crippen molar-refractivity contribution < 1.29 is 0 Å². The minimum absolute atomic E-state index is 0.616. The molecular weight excluding hydrogens is 257 g/mol. The maximum Gasteiger partial charge on any atom is 0.159 e. The molecule has 0 fully saturated rings. The van der Waals surface area contributed by atoms with Gasteiger partial charge in [-0.2, -0.15) is 5.10 Å². The summed E-state index contributed by atoms with van der Waals surface area (Å²) in [6.45, 7) is 1.92. The number of aromatic nitrogens is 3. The molecule has 0 amide bonds. The molecule has 3 rings (SSSR count). The van der Waals surface area contributed by atoms with Gasteiger partial charge in [0.05, 0.1) is 26.6 Å². The number of benzene rings is 1. The van der Waals surface area contributed by atoms with Crippen LogP contribution in [0.25, 0.3) is 21.9 Å². The Morgan fingerprint density at radius 2 is 1.94 bits per heavy atom. The largest absolute Gasteiger partial charge is 0.250 e. The zero-order chi connectivity index (χ0) is 12.2. The van der Waals surface area contributed by atoms with Crippen molar-refractivity contribution in [3.05, 3.63) is 33.9 Å². The van der Waals surface area contributed by atoms with E-state index in [9.17, 15) is 0 Å². The van der Waals surface area contributed by atoms with Gasteiger partial charge in [0.2, 0.25) is 0 Å². The summed E-state index contributed by atoms with van der Waals surface area (Å²) in [6.07, 6.45) is 0. The van der Waals surface area contributed by atoms with Crippen LogP contribution in [0.1, 0.15) is 5.69 Å². The van der Waals surface area contributed by atoms with Gasteiger partial charge < -0.3 is 0 Å². The lowest BCUT2D eigenvalue weighted by Crippen LogP contribution is -1.92.